The van der Waals surface area contributed by atoms with E-state index in [4.69, 9.17) is 8.85 Å². The highest BCUT2D eigenvalue weighted by Crippen LogP contribution is 2.52. The molecule has 0 aliphatic heterocycles. The molecule has 2 nitrogen and oxygen atoms in total. The average Bonchev–Trinajstić information content (AvgIpc) is 2.46. The van der Waals surface area contributed by atoms with Gasteiger partial charge in [0.15, 0.2) is 0 Å². The van der Waals surface area contributed by atoms with Gasteiger partial charge in [0.1, 0.15) is 0 Å². The first kappa shape index (κ1) is 16.5. The maximum absolute atomic E-state index is 6.24. The molecule has 2 aliphatic rings. The van der Waals surface area contributed by atoms with Crippen LogP contribution in [0.3, 0.4) is 0 Å². The molecular formula is C17H34O2Si. The topological polar surface area (TPSA) is 18.5 Å². The van der Waals surface area contributed by atoms with E-state index < -0.39 is 8.56 Å². The Morgan fingerprint density at radius 3 is 1.95 bits per heavy atom. The van der Waals surface area contributed by atoms with E-state index in [9.17, 15) is 0 Å². The third-order valence-corrected chi connectivity index (χ3v) is 11.3. The summed E-state index contributed by atoms with van der Waals surface area (Å²) in [6.45, 7) is 7.26. The van der Waals surface area contributed by atoms with Gasteiger partial charge in [-0.25, -0.2) is 0 Å². The summed E-state index contributed by atoms with van der Waals surface area (Å²) in [5.41, 5.74) is 1.41. The molecule has 0 heterocycles. The molecule has 0 aromatic carbocycles. The lowest BCUT2D eigenvalue weighted by Crippen LogP contribution is -2.53. The minimum absolute atomic E-state index is 0.694. The highest BCUT2D eigenvalue weighted by atomic mass is 28.4. The van der Waals surface area contributed by atoms with Crippen LogP contribution < -0.4 is 0 Å². The predicted molar refractivity (Wildman–Crippen MR) is 87.1 cm³/mol. The van der Waals surface area contributed by atoms with E-state index in [2.05, 4.69) is 20.8 Å². The van der Waals surface area contributed by atoms with Gasteiger partial charge in [0.25, 0.3) is 0 Å². The zero-order chi connectivity index (χ0) is 14.8. The fraction of sp³-hybridized carbons (Fsp3) is 1.00. The van der Waals surface area contributed by atoms with Crippen molar-refractivity contribution in [1.82, 2.24) is 0 Å². The highest BCUT2D eigenvalue weighted by molar-refractivity contribution is 6.70. The molecule has 0 bridgehead atoms. The van der Waals surface area contributed by atoms with Gasteiger partial charge in [0, 0.05) is 25.3 Å². The fourth-order valence-electron chi connectivity index (χ4n) is 4.83. The van der Waals surface area contributed by atoms with Crippen molar-refractivity contribution in [1.29, 1.82) is 0 Å². The minimum atomic E-state index is -2.08. The van der Waals surface area contributed by atoms with E-state index in [1.807, 2.05) is 14.2 Å². The zero-order valence-electron chi connectivity index (χ0n) is 14.2. The van der Waals surface area contributed by atoms with Gasteiger partial charge in [-0.1, -0.05) is 46.5 Å². The Balaban J connectivity index is 2.19. The number of rotatable bonds is 4. The van der Waals surface area contributed by atoms with E-state index in [1.54, 1.807) is 0 Å². The lowest BCUT2D eigenvalue weighted by Gasteiger charge is -2.48. The Labute approximate surface area is 126 Å². The summed E-state index contributed by atoms with van der Waals surface area (Å²) >= 11 is 0. The van der Waals surface area contributed by atoms with E-state index in [-0.39, 0.29) is 0 Å². The van der Waals surface area contributed by atoms with Gasteiger partial charge < -0.3 is 8.85 Å². The summed E-state index contributed by atoms with van der Waals surface area (Å²) in [7, 11) is 1.78. The summed E-state index contributed by atoms with van der Waals surface area (Å²) in [4.78, 5) is 0. The Hall–Kier alpha value is 0.137. The van der Waals surface area contributed by atoms with Crippen molar-refractivity contribution in [2.45, 2.75) is 76.8 Å². The molecule has 0 saturated heterocycles. The van der Waals surface area contributed by atoms with Gasteiger partial charge in [-0.05, 0) is 37.0 Å². The van der Waals surface area contributed by atoms with Crippen LogP contribution in [0.25, 0.3) is 0 Å². The van der Waals surface area contributed by atoms with E-state index in [1.165, 1.54) is 44.9 Å². The van der Waals surface area contributed by atoms with Crippen LogP contribution in [0.4, 0.5) is 0 Å². The van der Waals surface area contributed by atoms with Crippen molar-refractivity contribution in [3.63, 3.8) is 0 Å². The average molecular weight is 299 g/mol. The van der Waals surface area contributed by atoms with Crippen molar-refractivity contribution < 1.29 is 8.85 Å². The lowest BCUT2D eigenvalue weighted by atomic mass is 9.81. The molecule has 0 N–H and O–H groups in total. The largest absolute Gasteiger partial charge is 0.397 e. The van der Waals surface area contributed by atoms with Crippen molar-refractivity contribution in [2.75, 3.05) is 14.2 Å². The third-order valence-electron chi connectivity index (χ3n) is 6.45. The van der Waals surface area contributed by atoms with Crippen molar-refractivity contribution in [2.24, 2.45) is 17.8 Å². The van der Waals surface area contributed by atoms with Crippen molar-refractivity contribution in [3.8, 4) is 0 Å². The summed E-state index contributed by atoms with van der Waals surface area (Å²) in [6.07, 6.45) is 9.45. The predicted octanol–water partition coefficient (Wildman–Crippen LogP) is 5.13. The van der Waals surface area contributed by atoms with Crippen LogP contribution in [0.5, 0.6) is 0 Å². The van der Waals surface area contributed by atoms with Crippen LogP contribution in [0.15, 0.2) is 0 Å². The van der Waals surface area contributed by atoms with E-state index in [0.717, 1.165) is 17.8 Å². The lowest BCUT2D eigenvalue weighted by molar-refractivity contribution is 0.156. The van der Waals surface area contributed by atoms with E-state index >= 15 is 0 Å². The quantitative estimate of drug-likeness (QED) is 0.670. The maximum Gasteiger partial charge on any atom is 0.344 e. The van der Waals surface area contributed by atoms with E-state index in [0.29, 0.717) is 11.1 Å². The Morgan fingerprint density at radius 1 is 0.800 bits per heavy atom. The van der Waals surface area contributed by atoms with Crippen LogP contribution in [0.2, 0.25) is 11.1 Å². The molecule has 20 heavy (non-hydrogen) atoms. The second-order valence-corrected chi connectivity index (χ2v) is 11.3. The summed E-state index contributed by atoms with van der Waals surface area (Å²) in [5, 5.41) is 0. The van der Waals surface area contributed by atoms with Gasteiger partial charge in [-0.3, -0.25) is 0 Å². The molecule has 2 rings (SSSR count). The first-order valence-electron chi connectivity index (χ1n) is 8.65. The standard InChI is InChI=1S/C17H34O2Si/c1-13-9-11-16(12-10-13)20(18-4,19-5)17-8-6-7-14(2)15(17)3/h13-17H,6-12H2,1-5H3. The summed E-state index contributed by atoms with van der Waals surface area (Å²) in [5.74, 6) is 2.48. The van der Waals surface area contributed by atoms with Crippen LogP contribution in [0, 0.1) is 17.8 Å². The van der Waals surface area contributed by atoms with Crippen molar-refractivity contribution >= 4 is 8.56 Å². The molecule has 0 spiro atoms. The van der Waals surface area contributed by atoms with Gasteiger partial charge in [0.05, 0.1) is 0 Å². The number of hydrogen-bond acceptors (Lipinski definition) is 2. The molecule has 2 saturated carbocycles. The number of hydrogen-bond donors (Lipinski definition) is 0. The zero-order valence-corrected chi connectivity index (χ0v) is 15.2. The van der Waals surface area contributed by atoms with Gasteiger partial charge in [-0.15, -0.1) is 0 Å². The molecule has 3 atom stereocenters. The molecule has 0 aromatic rings. The molecule has 2 aliphatic carbocycles. The Kier molecular flexibility index (Phi) is 5.72. The van der Waals surface area contributed by atoms with Crippen LogP contribution in [0.1, 0.15) is 65.7 Å². The molecule has 0 aromatic heterocycles. The molecule has 3 heteroatoms. The molecule has 118 valence electrons. The van der Waals surface area contributed by atoms with Crippen LogP contribution >= 0.6 is 0 Å². The molecule has 0 radical (unpaired) electrons. The summed E-state index contributed by atoms with van der Waals surface area (Å²) < 4.78 is 12.5. The second kappa shape index (κ2) is 6.93. The molecule has 2 fully saturated rings. The van der Waals surface area contributed by atoms with Crippen molar-refractivity contribution in [3.05, 3.63) is 0 Å². The van der Waals surface area contributed by atoms with Gasteiger partial charge >= 0.3 is 8.56 Å². The Morgan fingerprint density at radius 2 is 1.40 bits per heavy atom. The maximum atomic E-state index is 6.24. The van der Waals surface area contributed by atoms with Crippen LogP contribution in [-0.4, -0.2) is 22.8 Å². The SMILES string of the molecule is CO[Si](OC)(C1CCC(C)CC1)C1CCCC(C)C1C. The van der Waals surface area contributed by atoms with Gasteiger partial charge in [-0.2, -0.15) is 0 Å². The van der Waals surface area contributed by atoms with Gasteiger partial charge in [0.2, 0.25) is 0 Å². The molecule has 3 unspecified atom stereocenters. The minimum Gasteiger partial charge on any atom is -0.397 e. The first-order valence-corrected chi connectivity index (χ1v) is 10.6. The normalized spacial score (nSPS) is 39.8. The molecular weight excluding hydrogens is 264 g/mol. The highest BCUT2D eigenvalue weighted by Gasteiger charge is 2.54. The monoisotopic (exact) mass is 298 g/mol. The fourth-order valence-corrected chi connectivity index (χ4v) is 9.68. The smallest absolute Gasteiger partial charge is 0.344 e. The second-order valence-electron chi connectivity index (χ2n) is 7.46. The summed E-state index contributed by atoms with van der Waals surface area (Å²) in [6, 6.07) is 0. The Bertz CT molecular complexity index is 295. The van der Waals surface area contributed by atoms with Crippen LogP contribution in [-0.2, 0) is 8.85 Å². The third kappa shape index (κ3) is 3.00. The molecule has 0 amide bonds. The first-order chi connectivity index (χ1) is 9.55.